The number of nitrogen functional groups attached to an aromatic ring is 1. The molecule has 0 bridgehead atoms. The van der Waals surface area contributed by atoms with Gasteiger partial charge in [0.15, 0.2) is 0 Å². The van der Waals surface area contributed by atoms with Crippen molar-refractivity contribution in [3.05, 3.63) is 28.8 Å². The molecule has 2 heterocycles. The predicted molar refractivity (Wildman–Crippen MR) is 120 cm³/mol. The van der Waals surface area contributed by atoms with Gasteiger partial charge >= 0.3 is 0 Å². The van der Waals surface area contributed by atoms with Gasteiger partial charge < -0.3 is 61.5 Å². The summed E-state index contributed by atoms with van der Waals surface area (Å²) in [7, 11) is 0. The molecular weight excluding hydrogens is 464 g/mol. The maximum absolute atomic E-state index is 10.1. The van der Waals surface area contributed by atoms with Gasteiger partial charge in [0, 0.05) is 22.9 Å². The summed E-state index contributed by atoms with van der Waals surface area (Å²) in [4.78, 5) is 0. The minimum atomic E-state index is -1.58. The number of rotatable bonds is 3. The smallest absolute Gasteiger partial charge is 0.147 e. The van der Waals surface area contributed by atoms with Crippen LogP contribution in [0, 0.1) is 29.1 Å². The number of hydrogen-bond donors (Lipinski definition) is 10. The lowest BCUT2D eigenvalue weighted by atomic mass is 9.94. The minimum Gasteiger partial charge on any atom is -0.397 e. The second-order valence-corrected chi connectivity index (χ2v) is 8.17. The van der Waals surface area contributed by atoms with Gasteiger partial charge in [-0.05, 0) is 12.1 Å². The fraction of sp³-hybridized carbons (Fsp3) is 0.522. The van der Waals surface area contributed by atoms with E-state index in [1.807, 2.05) is 0 Å². The predicted octanol–water partition coefficient (Wildman–Crippen LogP) is -4.35. The van der Waals surface area contributed by atoms with E-state index in [0.29, 0.717) is 0 Å². The van der Waals surface area contributed by atoms with Crippen LogP contribution in [0.4, 0.5) is 5.69 Å². The highest BCUT2D eigenvalue weighted by Gasteiger charge is 2.43. The zero-order valence-electron chi connectivity index (χ0n) is 18.4. The summed E-state index contributed by atoms with van der Waals surface area (Å²) < 4.78 is 10.7. The van der Waals surface area contributed by atoms with Crippen molar-refractivity contribution in [1.29, 1.82) is 5.41 Å². The minimum absolute atomic E-state index is 0.0673. The first-order valence-corrected chi connectivity index (χ1v) is 10.7. The van der Waals surface area contributed by atoms with E-state index in [4.69, 9.17) is 20.6 Å². The molecule has 11 N–H and O–H groups in total. The molecule has 2 aliphatic rings. The zero-order chi connectivity index (χ0) is 25.9. The van der Waals surface area contributed by atoms with Crippen molar-refractivity contribution >= 4 is 11.9 Å². The number of aliphatic hydroxyl groups is 8. The Bertz CT molecular complexity index is 1040. The number of benzene rings is 1. The monoisotopic (exact) mass is 492 g/mol. The van der Waals surface area contributed by atoms with Gasteiger partial charge in [-0.3, -0.25) is 0 Å². The average Bonchev–Trinajstić information content (AvgIpc) is 2.86. The van der Waals surface area contributed by atoms with E-state index >= 15 is 0 Å². The van der Waals surface area contributed by atoms with Gasteiger partial charge in [-0.15, -0.1) is 0 Å². The van der Waals surface area contributed by atoms with Crippen LogP contribution in [-0.2, 0) is 9.47 Å². The van der Waals surface area contributed by atoms with Gasteiger partial charge in [0.2, 0.25) is 0 Å². The molecule has 0 saturated carbocycles. The molecule has 0 spiro atoms. The molecule has 0 radical (unpaired) electrons. The second kappa shape index (κ2) is 11.4. The van der Waals surface area contributed by atoms with Gasteiger partial charge in [-0.1, -0.05) is 23.7 Å². The third-order valence-corrected chi connectivity index (χ3v) is 5.91. The van der Waals surface area contributed by atoms with Crippen molar-refractivity contribution in [2.24, 2.45) is 0 Å². The molecule has 0 aromatic heterocycles. The maximum Gasteiger partial charge on any atom is 0.147 e. The van der Waals surface area contributed by atoms with E-state index in [0.717, 1.165) is 6.21 Å². The first kappa shape index (κ1) is 27.0. The van der Waals surface area contributed by atoms with E-state index in [1.54, 1.807) is 0 Å². The summed E-state index contributed by atoms with van der Waals surface area (Å²) in [6, 6.07) is 2.97. The van der Waals surface area contributed by atoms with E-state index in [-0.39, 0.29) is 22.4 Å². The molecule has 3 unspecified atom stereocenters. The first-order chi connectivity index (χ1) is 16.6. The summed E-state index contributed by atoms with van der Waals surface area (Å²) in [5.74, 6) is 10.6. The lowest BCUT2D eigenvalue weighted by molar-refractivity contribution is -0.214. The standard InChI is InChI=1S/C23H28N2O10/c24-7-12-10(3-5-13-18(28)22(32)20(30)15(8-26)34-13)1-2-11(17(12)25)4-6-14-19(29)23(33)21(31)16(9-27)35-14/h1-2,7,13-16,18-24,26-33H,8-9,25H2/t13?,14?,15-,16-,18-,19-,20-,21-,22?,23-/m1/s1. The Morgan fingerprint density at radius 2 is 1.17 bits per heavy atom. The largest absolute Gasteiger partial charge is 0.397 e. The average molecular weight is 492 g/mol. The number of ether oxygens (including phenoxy) is 2. The lowest BCUT2D eigenvalue weighted by Crippen LogP contribution is -2.58. The lowest BCUT2D eigenvalue weighted by Gasteiger charge is -2.37. The van der Waals surface area contributed by atoms with Gasteiger partial charge in [0.25, 0.3) is 0 Å². The third kappa shape index (κ3) is 5.48. The Hall–Kier alpha value is -2.59. The number of nitrogens with two attached hydrogens (primary N) is 1. The summed E-state index contributed by atoms with van der Waals surface area (Å²) in [5, 5.41) is 86.0. The Labute approximate surface area is 200 Å². The van der Waals surface area contributed by atoms with Gasteiger partial charge in [-0.25, -0.2) is 0 Å². The van der Waals surface area contributed by atoms with Crippen molar-refractivity contribution in [2.45, 2.75) is 61.0 Å². The van der Waals surface area contributed by atoms with Crippen LogP contribution >= 0.6 is 0 Å². The van der Waals surface area contributed by atoms with Crippen LogP contribution in [0.5, 0.6) is 0 Å². The SMILES string of the molecule is N=Cc1c(C#CC2O[C@H](CO)[C@@H](O)C(O)[C@@H]2O)ccc(C#CC2O[C@H](CO)[C@@H](O)[C@H](O)[C@@H]2O)c1N. The van der Waals surface area contributed by atoms with Crippen molar-refractivity contribution in [3.8, 4) is 23.7 Å². The number of hydrogen-bond acceptors (Lipinski definition) is 12. The molecule has 2 aliphatic heterocycles. The molecule has 35 heavy (non-hydrogen) atoms. The first-order valence-electron chi connectivity index (χ1n) is 10.7. The molecule has 10 atom stereocenters. The normalized spacial score (nSPS) is 36.9. The number of anilines is 1. The van der Waals surface area contributed by atoms with Crippen LogP contribution < -0.4 is 5.73 Å². The second-order valence-electron chi connectivity index (χ2n) is 8.17. The third-order valence-electron chi connectivity index (χ3n) is 5.91. The quantitative estimate of drug-likeness (QED) is 0.110. The maximum atomic E-state index is 10.1. The zero-order valence-corrected chi connectivity index (χ0v) is 18.4. The van der Waals surface area contributed by atoms with Crippen molar-refractivity contribution in [1.82, 2.24) is 0 Å². The van der Waals surface area contributed by atoms with Crippen LogP contribution in [0.1, 0.15) is 16.7 Å². The highest BCUT2D eigenvalue weighted by atomic mass is 16.5. The Kier molecular flexibility index (Phi) is 8.82. The molecule has 1 aromatic carbocycles. The fourth-order valence-electron chi connectivity index (χ4n) is 3.75. The summed E-state index contributed by atoms with van der Waals surface area (Å²) in [5.41, 5.74) is 6.90. The fourth-order valence-corrected chi connectivity index (χ4v) is 3.75. The van der Waals surface area contributed by atoms with Gasteiger partial charge in [-0.2, -0.15) is 0 Å². The van der Waals surface area contributed by atoms with Crippen LogP contribution in [0.3, 0.4) is 0 Å². The number of nitrogens with one attached hydrogen (secondary N) is 1. The molecule has 1 aromatic rings. The van der Waals surface area contributed by atoms with Gasteiger partial charge in [0.1, 0.15) is 61.0 Å². The molecule has 0 amide bonds. The molecule has 2 fully saturated rings. The Morgan fingerprint density at radius 1 is 0.743 bits per heavy atom. The van der Waals surface area contributed by atoms with Crippen LogP contribution in [0.15, 0.2) is 12.1 Å². The van der Waals surface area contributed by atoms with Crippen molar-refractivity contribution in [2.75, 3.05) is 18.9 Å². The summed E-state index contributed by atoms with van der Waals surface area (Å²) in [6.07, 6.45) is -13.0. The van der Waals surface area contributed by atoms with Crippen LogP contribution in [-0.4, -0.2) is 121 Å². The van der Waals surface area contributed by atoms with Crippen LogP contribution in [0.2, 0.25) is 0 Å². The molecule has 12 heteroatoms. The summed E-state index contributed by atoms with van der Waals surface area (Å²) >= 11 is 0. The van der Waals surface area contributed by atoms with Crippen molar-refractivity contribution < 1.29 is 50.3 Å². The van der Waals surface area contributed by atoms with Gasteiger partial charge in [0.05, 0.1) is 18.9 Å². The molecular formula is C23H28N2O10. The highest BCUT2D eigenvalue weighted by molar-refractivity contribution is 5.91. The van der Waals surface area contributed by atoms with E-state index in [2.05, 4.69) is 23.7 Å². The molecule has 12 nitrogen and oxygen atoms in total. The molecule has 0 aliphatic carbocycles. The Morgan fingerprint density at radius 3 is 1.60 bits per heavy atom. The highest BCUT2D eigenvalue weighted by Crippen LogP contribution is 2.24. The molecule has 2 saturated heterocycles. The topological polar surface area (TPSA) is 230 Å². The molecule has 190 valence electrons. The molecule has 3 rings (SSSR count). The summed E-state index contributed by atoms with van der Waals surface area (Å²) in [6.45, 7) is -1.19. The van der Waals surface area contributed by atoms with E-state index < -0.39 is 74.3 Å². The van der Waals surface area contributed by atoms with E-state index in [9.17, 15) is 40.9 Å². The Balaban J connectivity index is 1.85. The van der Waals surface area contributed by atoms with Crippen LogP contribution in [0.25, 0.3) is 0 Å². The van der Waals surface area contributed by atoms with Crippen molar-refractivity contribution in [3.63, 3.8) is 0 Å². The van der Waals surface area contributed by atoms with E-state index in [1.165, 1.54) is 12.1 Å². The number of aliphatic hydroxyl groups excluding tert-OH is 8.